The number of rotatable bonds is 19. The molecule has 0 aliphatic carbocycles. The van der Waals surface area contributed by atoms with E-state index in [9.17, 15) is 23.1 Å². The zero-order chi connectivity index (χ0) is 32.8. The first kappa shape index (κ1) is 38.5. The summed E-state index contributed by atoms with van der Waals surface area (Å²) in [6.45, 7) is 14.2. The maximum absolute atomic E-state index is 12.8. The van der Waals surface area contributed by atoms with Crippen molar-refractivity contribution in [1.29, 1.82) is 0 Å². The lowest BCUT2D eigenvalue weighted by Crippen LogP contribution is -2.48. The van der Waals surface area contributed by atoms with Crippen LogP contribution in [0.25, 0.3) is 0 Å². The summed E-state index contributed by atoms with van der Waals surface area (Å²) < 4.78 is 39.8. The van der Waals surface area contributed by atoms with Crippen LogP contribution in [0.3, 0.4) is 0 Å². The summed E-state index contributed by atoms with van der Waals surface area (Å²) in [6.07, 6.45) is 3.12. The molecule has 0 aliphatic rings. The van der Waals surface area contributed by atoms with Crippen LogP contribution in [0.4, 0.5) is 4.79 Å². The molecule has 43 heavy (non-hydrogen) atoms. The number of hydrogen-bond acceptors (Lipinski definition) is 8. The Morgan fingerprint density at radius 3 is 2.28 bits per heavy atom. The first-order chi connectivity index (χ1) is 20.0. The number of benzene rings is 1. The summed E-state index contributed by atoms with van der Waals surface area (Å²) in [7, 11) is -1.53. The van der Waals surface area contributed by atoms with Gasteiger partial charge in [-0.15, -0.1) is 0 Å². The van der Waals surface area contributed by atoms with Crippen LogP contribution in [0.1, 0.15) is 86.1 Å². The van der Waals surface area contributed by atoms with Crippen molar-refractivity contribution in [3.05, 3.63) is 23.8 Å². The molecule has 10 nitrogen and oxygen atoms in total. The van der Waals surface area contributed by atoms with E-state index in [4.69, 9.17) is 14.2 Å². The Bertz CT molecular complexity index is 1100. The van der Waals surface area contributed by atoms with E-state index >= 15 is 0 Å². The lowest BCUT2D eigenvalue weighted by molar-refractivity contribution is -0.125. The highest BCUT2D eigenvalue weighted by Crippen LogP contribution is 2.32. The van der Waals surface area contributed by atoms with Crippen LogP contribution in [0.15, 0.2) is 18.2 Å². The van der Waals surface area contributed by atoms with Crippen molar-refractivity contribution >= 4 is 21.8 Å². The molecule has 0 heterocycles. The Morgan fingerprint density at radius 1 is 1.05 bits per heavy atom. The van der Waals surface area contributed by atoms with Gasteiger partial charge < -0.3 is 30.0 Å². The molecule has 11 heteroatoms. The molecule has 0 bridgehead atoms. The van der Waals surface area contributed by atoms with Gasteiger partial charge in [-0.1, -0.05) is 40.2 Å². The number of sulfone groups is 1. The minimum Gasteiger partial charge on any atom is -0.493 e. The van der Waals surface area contributed by atoms with E-state index in [-0.39, 0.29) is 36.5 Å². The zero-order valence-electron chi connectivity index (χ0n) is 27.7. The van der Waals surface area contributed by atoms with E-state index in [2.05, 4.69) is 31.4 Å². The van der Waals surface area contributed by atoms with E-state index in [0.29, 0.717) is 37.3 Å². The van der Waals surface area contributed by atoms with Crippen molar-refractivity contribution in [1.82, 2.24) is 10.6 Å². The third-order valence-electron chi connectivity index (χ3n) is 7.18. The standard InChI is InChI=1S/C32H56N2O8S/c1-10-11-15-33-30(36)23(4)18-27(35)26(34-31(37)42-32(5,6)7)21-25(22(2)3)19-24-13-14-28(40-8)29(20-24)41-16-12-17-43(9,38)39/h13-14,20,22-23,25-27,35H,10-12,15-19,21H2,1-9H3,(H,33,36)(H,34,37)/t23-,25+,26+,27+/m1/s1. The molecule has 0 saturated heterocycles. The third kappa shape index (κ3) is 16.2. The summed E-state index contributed by atoms with van der Waals surface area (Å²) >= 11 is 0. The highest BCUT2D eigenvalue weighted by molar-refractivity contribution is 7.90. The van der Waals surface area contributed by atoms with Crippen molar-refractivity contribution in [2.75, 3.05) is 32.3 Å². The van der Waals surface area contributed by atoms with Crippen LogP contribution < -0.4 is 20.1 Å². The fraction of sp³-hybridized carbons (Fsp3) is 0.750. The molecule has 0 spiro atoms. The molecule has 0 radical (unpaired) electrons. The number of unbranched alkanes of at least 4 members (excludes halogenated alkanes) is 1. The number of aliphatic hydroxyl groups excluding tert-OH is 1. The van der Waals surface area contributed by atoms with Crippen LogP contribution in [0, 0.1) is 17.8 Å². The second-order valence-corrected chi connectivity index (χ2v) is 15.1. The summed E-state index contributed by atoms with van der Waals surface area (Å²) in [5.41, 5.74) is 0.274. The lowest BCUT2D eigenvalue weighted by atomic mass is 9.82. The SMILES string of the molecule is CCCCNC(=O)[C@H](C)C[C@H](O)[C@H](C[C@H](Cc1ccc(OC)c(OCCCS(C)(=O)=O)c1)C(C)C)NC(=O)OC(C)(C)C. The predicted molar refractivity (Wildman–Crippen MR) is 170 cm³/mol. The van der Waals surface area contributed by atoms with Crippen molar-refractivity contribution < 1.29 is 37.3 Å². The van der Waals surface area contributed by atoms with Crippen molar-refractivity contribution in [2.45, 2.75) is 105 Å². The van der Waals surface area contributed by atoms with Gasteiger partial charge >= 0.3 is 6.09 Å². The minimum absolute atomic E-state index is 0.0395. The quantitative estimate of drug-likeness (QED) is 0.184. The van der Waals surface area contributed by atoms with Crippen molar-refractivity contribution in [2.24, 2.45) is 17.8 Å². The molecule has 4 atom stereocenters. The summed E-state index contributed by atoms with van der Waals surface area (Å²) in [5.74, 6) is 0.818. The molecule has 1 rings (SSSR count). The molecular weight excluding hydrogens is 572 g/mol. The van der Waals surface area contributed by atoms with Gasteiger partial charge in [0.25, 0.3) is 0 Å². The number of nitrogens with one attached hydrogen (secondary N) is 2. The molecule has 3 N–H and O–H groups in total. The number of hydrogen-bond donors (Lipinski definition) is 3. The number of methoxy groups -OCH3 is 1. The van der Waals surface area contributed by atoms with Crippen LogP contribution in [-0.2, 0) is 25.8 Å². The summed E-state index contributed by atoms with van der Waals surface area (Å²) in [6, 6.07) is 5.03. The van der Waals surface area contributed by atoms with Crippen LogP contribution in [-0.4, -0.2) is 75.5 Å². The van der Waals surface area contributed by atoms with Gasteiger partial charge in [0.05, 0.1) is 31.6 Å². The Kier molecular flexibility index (Phi) is 16.4. The van der Waals surface area contributed by atoms with Gasteiger partial charge in [-0.05, 0) is 82.4 Å². The zero-order valence-corrected chi connectivity index (χ0v) is 28.5. The minimum atomic E-state index is -3.08. The van der Waals surface area contributed by atoms with Gasteiger partial charge in [0.15, 0.2) is 11.5 Å². The Hall–Kier alpha value is -2.53. The van der Waals surface area contributed by atoms with Gasteiger partial charge in [-0.2, -0.15) is 0 Å². The van der Waals surface area contributed by atoms with Crippen molar-refractivity contribution in [3.8, 4) is 11.5 Å². The largest absolute Gasteiger partial charge is 0.493 e. The number of amides is 2. The topological polar surface area (TPSA) is 140 Å². The Balaban J connectivity index is 3.12. The molecule has 248 valence electrons. The van der Waals surface area contributed by atoms with E-state index < -0.39 is 39.6 Å². The average molecular weight is 629 g/mol. The molecule has 0 fully saturated rings. The normalized spacial score (nSPS) is 14.9. The molecule has 0 aliphatic heterocycles. The van der Waals surface area contributed by atoms with Gasteiger partial charge in [0.1, 0.15) is 15.4 Å². The molecule has 0 saturated carbocycles. The number of ether oxygens (including phenoxy) is 3. The summed E-state index contributed by atoms with van der Waals surface area (Å²) in [5, 5.41) is 17.1. The maximum atomic E-state index is 12.8. The Morgan fingerprint density at radius 2 is 1.72 bits per heavy atom. The summed E-state index contributed by atoms with van der Waals surface area (Å²) in [4.78, 5) is 25.4. The van der Waals surface area contributed by atoms with E-state index in [1.165, 1.54) is 6.26 Å². The van der Waals surface area contributed by atoms with Gasteiger partial charge in [-0.25, -0.2) is 13.2 Å². The van der Waals surface area contributed by atoms with Gasteiger partial charge in [0, 0.05) is 18.7 Å². The maximum Gasteiger partial charge on any atom is 0.407 e. The molecule has 1 aromatic carbocycles. The Labute approximate surface area is 259 Å². The lowest BCUT2D eigenvalue weighted by Gasteiger charge is -2.32. The molecule has 0 aromatic heterocycles. The smallest absolute Gasteiger partial charge is 0.407 e. The van der Waals surface area contributed by atoms with Gasteiger partial charge in [0.2, 0.25) is 5.91 Å². The molecule has 1 aromatic rings. The van der Waals surface area contributed by atoms with E-state index in [0.717, 1.165) is 18.4 Å². The molecular formula is C32H56N2O8S. The van der Waals surface area contributed by atoms with E-state index in [1.54, 1.807) is 34.8 Å². The van der Waals surface area contributed by atoms with Gasteiger partial charge in [-0.3, -0.25) is 4.79 Å². The van der Waals surface area contributed by atoms with E-state index in [1.807, 2.05) is 18.2 Å². The first-order valence-electron chi connectivity index (χ1n) is 15.4. The fourth-order valence-electron chi connectivity index (χ4n) is 4.65. The number of alkyl carbamates (subject to hydrolysis) is 1. The second-order valence-electron chi connectivity index (χ2n) is 12.9. The molecule has 2 amide bonds. The third-order valence-corrected chi connectivity index (χ3v) is 8.21. The highest BCUT2D eigenvalue weighted by atomic mass is 32.2. The fourth-order valence-corrected chi connectivity index (χ4v) is 5.29. The first-order valence-corrected chi connectivity index (χ1v) is 17.4. The average Bonchev–Trinajstić information content (AvgIpc) is 2.88. The number of carbonyl (C=O) groups excluding carboxylic acids is 2. The number of carbonyl (C=O) groups is 2. The number of aliphatic hydroxyl groups is 1. The monoisotopic (exact) mass is 628 g/mol. The predicted octanol–water partition coefficient (Wildman–Crippen LogP) is 4.91. The molecule has 0 unspecified atom stereocenters. The second kappa shape index (κ2) is 18.3. The van der Waals surface area contributed by atoms with Crippen molar-refractivity contribution in [3.63, 3.8) is 0 Å². The van der Waals surface area contributed by atoms with Crippen LogP contribution in [0.5, 0.6) is 11.5 Å². The van der Waals surface area contributed by atoms with Crippen LogP contribution in [0.2, 0.25) is 0 Å². The van der Waals surface area contributed by atoms with Crippen LogP contribution >= 0.6 is 0 Å². The highest BCUT2D eigenvalue weighted by Gasteiger charge is 2.31.